The van der Waals surface area contributed by atoms with Gasteiger partial charge in [0, 0.05) is 19.6 Å². The second-order valence-corrected chi connectivity index (χ2v) is 9.94. The van der Waals surface area contributed by atoms with Crippen molar-refractivity contribution in [2.24, 2.45) is 11.3 Å². The van der Waals surface area contributed by atoms with Gasteiger partial charge in [0.05, 0.1) is 23.7 Å². The van der Waals surface area contributed by atoms with Gasteiger partial charge in [-0.2, -0.15) is 26.3 Å². The molecule has 1 unspecified atom stereocenters. The molecule has 1 aliphatic heterocycles. The number of ether oxygens (including phenoxy) is 1. The van der Waals surface area contributed by atoms with Crippen molar-refractivity contribution in [3.63, 3.8) is 0 Å². The monoisotopic (exact) mass is 532 g/mol. The van der Waals surface area contributed by atoms with Crippen LogP contribution in [0.25, 0.3) is 0 Å². The second kappa shape index (κ2) is 10.8. The molecular formula is C26H30F6N2O3. The van der Waals surface area contributed by atoms with Crippen LogP contribution in [-0.4, -0.2) is 36.1 Å². The first-order valence-corrected chi connectivity index (χ1v) is 11.8. The minimum atomic E-state index is -4.96. The smallest absolute Gasteiger partial charge is 0.416 e. The van der Waals surface area contributed by atoms with Gasteiger partial charge in [-0.25, -0.2) is 0 Å². The van der Waals surface area contributed by atoms with E-state index in [1.54, 1.807) is 12.1 Å². The van der Waals surface area contributed by atoms with Crippen LogP contribution in [0, 0.1) is 11.3 Å². The minimum Gasteiger partial charge on any atom is -0.504 e. The van der Waals surface area contributed by atoms with Crippen LogP contribution in [0.15, 0.2) is 36.4 Å². The number of alkyl halides is 6. The number of aromatic hydroxyl groups is 1. The van der Waals surface area contributed by atoms with E-state index in [1.807, 2.05) is 13.8 Å². The van der Waals surface area contributed by atoms with Gasteiger partial charge < -0.3 is 15.2 Å². The predicted octanol–water partition coefficient (Wildman–Crippen LogP) is 5.99. The van der Waals surface area contributed by atoms with E-state index < -0.39 is 41.3 Å². The van der Waals surface area contributed by atoms with E-state index in [0.717, 1.165) is 5.56 Å². The second-order valence-electron chi connectivity index (χ2n) is 9.94. The summed E-state index contributed by atoms with van der Waals surface area (Å²) in [6, 6.07) is 6.28. The number of benzene rings is 2. The van der Waals surface area contributed by atoms with Crippen molar-refractivity contribution in [3.05, 3.63) is 58.7 Å². The molecule has 11 heteroatoms. The summed E-state index contributed by atoms with van der Waals surface area (Å²) in [7, 11) is 1.44. The average Bonchev–Trinajstić information content (AvgIpc) is 3.20. The zero-order chi connectivity index (χ0) is 27.6. The number of halogens is 6. The summed E-state index contributed by atoms with van der Waals surface area (Å²) in [5.41, 5.74) is -3.09. The van der Waals surface area contributed by atoms with Gasteiger partial charge in [-0.1, -0.05) is 19.9 Å². The van der Waals surface area contributed by atoms with E-state index in [4.69, 9.17) is 4.74 Å². The third kappa shape index (κ3) is 7.09. The van der Waals surface area contributed by atoms with Crippen LogP contribution in [0.2, 0.25) is 0 Å². The topological polar surface area (TPSA) is 61.8 Å². The zero-order valence-electron chi connectivity index (χ0n) is 20.8. The fourth-order valence-electron chi connectivity index (χ4n) is 4.89. The molecule has 1 atom stereocenters. The van der Waals surface area contributed by atoms with Crippen LogP contribution in [0.4, 0.5) is 26.3 Å². The maximum atomic E-state index is 13.3. The molecule has 1 heterocycles. The lowest BCUT2D eigenvalue weighted by Gasteiger charge is -2.30. The van der Waals surface area contributed by atoms with Crippen LogP contribution < -0.4 is 10.1 Å². The summed E-state index contributed by atoms with van der Waals surface area (Å²) in [6.45, 7) is 4.87. The SMILES string of the molecule is COc1cc(CN2CCC(CC(C)C)(C(=O)NCc3cc(C(F)(F)F)cc(C(F)(F)F)c3)C2)ccc1O. The Kier molecular flexibility index (Phi) is 8.36. The lowest BCUT2D eigenvalue weighted by atomic mass is 9.78. The number of carbonyl (C=O) groups is 1. The summed E-state index contributed by atoms with van der Waals surface area (Å²) < 4.78 is 84.3. The van der Waals surface area contributed by atoms with E-state index >= 15 is 0 Å². The number of carbonyl (C=O) groups excluding carboxylic acids is 1. The fourth-order valence-corrected chi connectivity index (χ4v) is 4.89. The van der Waals surface area contributed by atoms with Crippen LogP contribution in [0.1, 0.15) is 48.9 Å². The number of likely N-dealkylation sites (tertiary alicyclic amines) is 1. The highest BCUT2D eigenvalue weighted by atomic mass is 19.4. The van der Waals surface area contributed by atoms with Gasteiger partial charge in [0.1, 0.15) is 0 Å². The first kappa shape index (κ1) is 28.6. The largest absolute Gasteiger partial charge is 0.504 e. The molecule has 204 valence electrons. The summed E-state index contributed by atoms with van der Waals surface area (Å²) in [5, 5.41) is 12.4. The third-order valence-corrected chi connectivity index (χ3v) is 6.46. The Bertz CT molecular complexity index is 1080. The van der Waals surface area contributed by atoms with Gasteiger partial charge in [0.2, 0.25) is 5.91 Å². The van der Waals surface area contributed by atoms with E-state index in [-0.39, 0.29) is 23.3 Å². The van der Waals surface area contributed by atoms with Crippen LogP contribution in [-0.2, 0) is 30.2 Å². The van der Waals surface area contributed by atoms with Gasteiger partial charge in [-0.15, -0.1) is 0 Å². The van der Waals surface area contributed by atoms with E-state index in [0.29, 0.717) is 50.4 Å². The van der Waals surface area contributed by atoms with Crippen molar-refractivity contribution in [2.45, 2.75) is 52.1 Å². The Hall–Kier alpha value is -2.95. The molecule has 1 saturated heterocycles. The maximum Gasteiger partial charge on any atom is 0.416 e. The quantitative estimate of drug-likeness (QED) is 0.410. The first-order chi connectivity index (χ1) is 17.1. The fraction of sp³-hybridized carbons (Fsp3) is 0.500. The molecule has 2 aromatic carbocycles. The lowest BCUT2D eigenvalue weighted by molar-refractivity contribution is -0.143. The zero-order valence-corrected chi connectivity index (χ0v) is 20.8. The molecule has 3 rings (SSSR count). The highest BCUT2D eigenvalue weighted by Crippen LogP contribution is 2.39. The Morgan fingerprint density at radius 2 is 1.68 bits per heavy atom. The Morgan fingerprint density at radius 1 is 1.05 bits per heavy atom. The maximum absolute atomic E-state index is 13.3. The molecule has 0 aromatic heterocycles. The summed E-state index contributed by atoms with van der Waals surface area (Å²) in [4.78, 5) is 15.4. The van der Waals surface area contributed by atoms with Crippen molar-refractivity contribution in [1.82, 2.24) is 10.2 Å². The molecule has 1 aliphatic rings. The van der Waals surface area contributed by atoms with Crippen molar-refractivity contribution in [3.8, 4) is 11.5 Å². The molecule has 37 heavy (non-hydrogen) atoms. The lowest BCUT2D eigenvalue weighted by Crippen LogP contribution is -2.43. The Balaban J connectivity index is 1.77. The number of amides is 1. The van der Waals surface area contributed by atoms with Crippen molar-refractivity contribution in [2.75, 3.05) is 20.2 Å². The summed E-state index contributed by atoms with van der Waals surface area (Å²) >= 11 is 0. The summed E-state index contributed by atoms with van der Waals surface area (Å²) in [6.07, 6.45) is -8.92. The minimum absolute atomic E-state index is 0.00415. The van der Waals surface area contributed by atoms with Crippen molar-refractivity contribution in [1.29, 1.82) is 0 Å². The molecular weight excluding hydrogens is 502 g/mol. The third-order valence-electron chi connectivity index (χ3n) is 6.46. The normalized spacial score (nSPS) is 18.9. The molecule has 0 radical (unpaired) electrons. The molecule has 2 aromatic rings. The van der Waals surface area contributed by atoms with Gasteiger partial charge >= 0.3 is 12.4 Å². The molecule has 0 spiro atoms. The van der Waals surface area contributed by atoms with Gasteiger partial charge in [0.15, 0.2) is 11.5 Å². The molecule has 1 amide bonds. The van der Waals surface area contributed by atoms with Crippen LogP contribution in [0.5, 0.6) is 11.5 Å². The standard InChI is InChI=1S/C26H30F6N2O3/c1-16(2)12-24(6-7-34(15-24)14-17-4-5-21(35)22(10-17)37-3)23(36)33-13-18-8-19(25(27,28)29)11-20(9-18)26(30,31)32/h4-5,8-11,16,35H,6-7,12-15H2,1-3H3,(H,33,36). The van der Waals surface area contributed by atoms with E-state index in [1.165, 1.54) is 13.2 Å². The van der Waals surface area contributed by atoms with Crippen LogP contribution >= 0.6 is 0 Å². The van der Waals surface area contributed by atoms with Crippen molar-refractivity contribution >= 4 is 5.91 Å². The number of nitrogens with zero attached hydrogens (tertiary/aromatic N) is 1. The molecule has 0 saturated carbocycles. The number of rotatable bonds is 8. The Morgan fingerprint density at radius 3 is 2.22 bits per heavy atom. The number of hydrogen-bond acceptors (Lipinski definition) is 4. The van der Waals surface area contributed by atoms with Gasteiger partial charge in [-0.3, -0.25) is 9.69 Å². The molecule has 5 nitrogen and oxygen atoms in total. The van der Waals surface area contributed by atoms with E-state index in [9.17, 15) is 36.2 Å². The molecule has 2 N–H and O–H groups in total. The first-order valence-electron chi connectivity index (χ1n) is 11.8. The molecule has 0 aliphatic carbocycles. The van der Waals surface area contributed by atoms with Gasteiger partial charge in [-0.05, 0) is 66.8 Å². The summed E-state index contributed by atoms with van der Waals surface area (Å²) in [5.74, 6) is 0.0505. The van der Waals surface area contributed by atoms with Crippen LogP contribution in [0.3, 0.4) is 0 Å². The predicted molar refractivity (Wildman–Crippen MR) is 125 cm³/mol. The number of phenols is 1. The number of phenolic OH excluding ortho intramolecular Hbond substituents is 1. The average molecular weight is 533 g/mol. The number of hydrogen-bond donors (Lipinski definition) is 2. The highest BCUT2D eigenvalue weighted by molar-refractivity contribution is 5.83. The van der Waals surface area contributed by atoms with E-state index in [2.05, 4.69) is 10.2 Å². The highest BCUT2D eigenvalue weighted by Gasteiger charge is 2.45. The number of methoxy groups -OCH3 is 1. The molecule has 0 bridgehead atoms. The Labute approximate surface area is 211 Å². The number of nitrogens with one attached hydrogen (secondary N) is 1. The molecule has 1 fully saturated rings. The van der Waals surface area contributed by atoms with Crippen molar-refractivity contribution < 1.29 is 41.0 Å². The van der Waals surface area contributed by atoms with Gasteiger partial charge in [0.25, 0.3) is 0 Å².